The molecule has 0 bridgehead atoms. The van der Waals surface area contributed by atoms with Gasteiger partial charge in [0.25, 0.3) is 0 Å². The highest BCUT2D eigenvalue weighted by atomic mass is 16.4. The third-order valence-electron chi connectivity index (χ3n) is 3.48. The minimum Gasteiger partial charge on any atom is -0.480 e. The minimum atomic E-state index is -1.17. The van der Waals surface area contributed by atoms with E-state index in [1.54, 1.807) is 13.8 Å². The fourth-order valence-corrected chi connectivity index (χ4v) is 2.04. The van der Waals surface area contributed by atoms with Gasteiger partial charge in [0.1, 0.15) is 12.1 Å². The molecule has 6 N–H and O–H groups in total. The lowest BCUT2D eigenvalue weighted by molar-refractivity contribution is -0.141. The molecule has 9 heteroatoms. The lowest BCUT2D eigenvalue weighted by atomic mass is 10.0. The van der Waals surface area contributed by atoms with Crippen molar-refractivity contribution in [1.82, 2.24) is 16.0 Å². The molecule has 0 heterocycles. The fraction of sp³-hybridized carbons (Fsp3) is 0.750. The quantitative estimate of drug-likeness (QED) is 0.345. The molecular formula is C16H30N4O5. The lowest BCUT2D eigenvalue weighted by Gasteiger charge is -2.24. The molecule has 0 aliphatic rings. The van der Waals surface area contributed by atoms with Gasteiger partial charge in [-0.1, -0.05) is 27.7 Å². The highest BCUT2D eigenvalue weighted by Gasteiger charge is 2.27. The largest absolute Gasteiger partial charge is 0.480 e. The summed E-state index contributed by atoms with van der Waals surface area (Å²) in [6.45, 7) is 8.33. The second-order valence-corrected chi connectivity index (χ2v) is 6.81. The number of amides is 3. The van der Waals surface area contributed by atoms with Gasteiger partial charge in [-0.2, -0.15) is 0 Å². The monoisotopic (exact) mass is 358 g/mol. The summed E-state index contributed by atoms with van der Waals surface area (Å²) in [6.07, 6.45) is 0.494. The minimum absolute atomic E-state index is 0.212. The highest BCUT2D eigenvalue weighted by Crippen LogP contribution is 2.06. The summed E-state index contributed by atoms with van der Waals surface area (Å²) in [5, 5.41) is 15.9. The van der Waals surface area contributed by atoms with Gasteiger partial charge in [-0.3, -0.25) is 19.2 Å². The van der Waals surface area contributed by atoms with Crippen molar-refractivity contribution >= 4 is 23.7 Å². The van der Waals surface area contributed by atoms with Crippen LogP contribution in [-0.2, 0) is 19.2 Å². The summed E-state index contributed by atoms with van der Waals surface area (Å²) in [4.78, 5) is 46.6. The number of hydrogen-bond acceptors (Lipinski definition) is 5. The summed E-state index contributed by atoms with van der Waals surface area (Å²) in [5.41, 5.74) is 5.81. The zero-order valence-electron chi connectivity index (χ0n) is 15.5. The number of rotatable bonds is 10. The van der Waals surface area contributed by atoms with E-state index >= 15 is 0 Å². The van der Waals surface area contributed by atoms with Crippen LogP contribution in [-0.4, -0.2) is 53.5 Å². The molecule has 0 aromatic heterocycles. The number of nitrogens with two attached hydrogens (primary N) is 1. The molecule has 0 unspecified atom stereocenters. The normalized spacial score (nSPS) is 14.6. The maximum absolute atomic E-state index is 12.2. The number of aliphatic carboxylic acids is 1. The van der Waals surface area contributed by atoms with E-state index in [1.807, 2.05) is 13.8 Å². The van der Waals surface area contributed by atoms with Crippen molar-refractivity contribution in [3.63, 3.8) is 0 Å². The van der Waals surface area contributed by atoms with Crippen LogP contribution < -0.4 is 21.7 Å². The van der Waals surface area contributed by atoms with E-state index in [1.165, 1.54) is 6.92 Å². The van der Waals surface area contributed by atoms with Crippen LogP contribution >= 0.6 is 0 Å². The lowest BCUT2D eigenvalue weighted by Crippen LogP contribution is -2.55. The van der Waals surface area contributed by atoms with Crippen molar-refractivity contribution in [3.05, 3.63) is 0 Å². The smallest absolute Gasteiger partial charge is 0.325 e. The Kier molecular flexibility index (Phi) is 9.73. The Morgan fingerprint density at radius 2 is 1.52 bits per heavy atom. The van der Waals surface area contributed by atoms with Gasteiger partial charge < -0.3 is 26.8 Å². The first-order valence-electron chi connectivity index (χ1n) is 8.31. The van der Waals surface area contributed by atoms with Gasteiger partial charge in [0.05, 0.1) is 12.6 Å². The van der Waals surface area contributed by atoms with E-state index in [-0.39, 0.29) is 18.4 Å². The van der Waals surface area contributed by atoms with Crippen LogP contribution in [0.3, 0.4) is 0 Å². The van der Waals surface area contributed by atoms with Gasteiger partial charge in [0, 0.05) is 0 Å². The summed E-state index contributed by atoms with van der Waals surface area (Å²) in [6, 6.07) is -2.61. The third-order valence-corrected chi connectivity index (χ3v) is 3.48. The first-order chi connectivity index (χ1) is 11.5. The molecule has 3 amide bonds. The summed E-state index contributed by atoms with van der Waals surface area (Å²) < 4.78 is 0. The average Bonchev–Trinajstić information content (AvgIpc) is 2.48. The SMILES string of the molecule is CC(C)C[C@H](N)C(=O)N[C@H](C(=O)NCC(=O)N[C@@H](C)C(=O)O)C(C)C. The van der Waals surface area contributed by atoms with Gasteiger partial charge in [-0.25, -0.2) is 0 Å². The van der Waals surface area contributed by atoms with Crippen molar-refractivity contribution in [2.75, 3.05) is 6.54 Å². The first kappa shape index (κ1) is 22.8. The van der Waals surface area contributed by atoms with Crippen LogP contribution in [0.5, 0.6) is 0 Å². The molecule has 0 aliphatic carbocycles. The maximum atomic E-state index is 12.2. The van der Waals surface area contributed by atoms with E-state index in [9.17, 15) is 19.2 Å². The zero-order valence-corrected chi connectivity index (χ0v) is 15.5. The number of carbonyl (C=O) groups is 4. The predicted octanol–water partition coefficient (Wildman–Crippen LogP) is -0.794. The number of hydrogen-bond donors (Lipinski definition) is 5. The van der Waals surface area contributed by atoms with Crippen molar-refractivity contribution in [3.8, 4) is 0 Å². The van der Waals surface area contributed by atoms with Gasteiger partial charge in [0.15, 0.2) is 0 Å². The second-order valence-electron chi connectivity index (χ2n) is 6.81. The molecular weight excluding hydrogens is 328 g/mol. The number of nitrogens with one attached hydrogen (secondary N) is 3. The molecule has 0 aromatic rings. The van der Waals surface area contributed by atoms with E-state index in [4.69, 9.17) is 10.8 Å². The molecule has 3 atom stereocenters. The predicted molar refractivity (Wildman–Crippen MR) is 92.4 cm³/mol. The molecule has 0 fully saturated rings. The third kappa shape index (κ3) is 9.04. The van der Waals surface area contributed by atoms with E-state index in [2.05, 4.69) is 16.0 Å². The Morgan fingerprint density at radius 1 is 0.960 bits per heavy atom. The molecule has 0 aromatic carbocycles. The first-order valence-corrected chi connectivity index (χ1v) is 8.31. The van der Waals surface area contributed by atoms with Crippen LogP contribution in [0.25, 0.3) is 0 Å². The van der Waals surface area contributed by atoms with Gasteiger partial charge >= 0.3 is 5.97 Å². The Morgan fingerprint density at radius 3 is 1.96 bits per heavy atom. The Labute approximate surface area is 148 Å². The molecule has 0 saturated carbocycles. The Bertz CT molecular complexity index is 493. The molecule has 144 valence electrons. The molecule has 0 rings (SSSR count). The number of carboxylic acid groups (broad SMARTS) is 1. The van der Waals surface area contributed by atoms with Crippen LogP contribution in [0.2, 0.25) is 0 Å². The molecule has 0 radical (unpaired) electrons. The molecule has 9 nitrogen and oxygen atoms in total. The summed E-state index contributed by atoms with van der Waals surface area (Å²) in [5.74, 6) is -2.73. The summed E-state index contributed by atoms with van der Waals surface area (Å²) >= 11 is 0. The number of carboxylic acids is 1. The summed E-state index contributed by atoms with van der Waals surface area (Å²) in [7, 11) is 0. The van der Waals surface area contributed by atoms with Crippen LogP contribution in [0.1, 0.15) is 41.0 Å². The van der Waals surface area contributed by atoms with E-state index < -0.39 is 41.8 Å². The Hall–Kier alpha value is -2.16. The molecule has 0 saturated heterocycles. The molecule has 25 heavy (non-hydrogen) atoms. The van der Waals surface area contributed by atoms with Crippen molar-refractivity contribution in [2.24, 2.45) is 17.6 Å². The van der Waals surface area contributed by atoms with Crippen LogP contribution in [0.15, 0.2) is 0 Å². The van der Waals surface area contributed by atoms with Gasteiger partial charge in [0.2, 0.25) is 17.7 Å². The van der Waals surface area contributed by atoms with E-state index in [0.717, 1.165) is 0 Å². The van der Waals surface area contributed by atoms with Crippen LogP contribution in [0, 0.1) is 11.8 Å². The fourth-order valence-electron chi connectivity index (χ4n) is 2.04. The highest BCUT2D eigenvalue weighted by molar-refractivity contribution is 5.92. The van der Waals surface area contributed by atoms with E-state index in [0.29, 0.717) is 6.42 Å². The van der Waals surface area contributed by atoms with Crippen molar-refractivity contribution in [1.29, 1.82) is 0 Å². The topological polar surface area (TPSA) is 151 Å². The second kappa shape index (κ2) is 10.7. The zero-order chi connectivity index (χ0) is 19.7. The molecule has 0 spiro atoms. The molecule has 0 aliphatic heterocycles. The number of carbonyl (C=O) groups excluding carboxylic acids is 3. The standard InChI is InChI=1S/C16H30N4O5/c1-8(2)6-11(17)14(22)20-13(9(3)4)15(23)18-7-12(21)19-10(5)16(24)25/h8-11,13H,6-7,17H2,1-5H3,(H,18,23)(H,19,21)(H,20,22)(H,24,25)/t10-,11-,13-/m0/s1. The van der Waals surface area contributed by atoms with Crippen molar-refractivity contribution in [2.45, 2.75) is 59.2 Å². The van der Waals surface area contributed by atoms with Gasteiger partial charge in [-0.15, -0.1) is 0 Å². The Balaban J connectivity index is 4.62. The maximum Gasteiger partial charge on any atom is 0.325 e. The van der Waals surface area contributed by atoms with Crippen LogP contribution in [0.4, 0.5) is 0 Å². The van der Waals surface area contributed by atoms with Crippen molar-refractivity contribution < 1.29 is 24.3 Å². The van der Waals surface area contributed by atoms with Gasteiger partial charge in [-0.05, 0) is 25.2 Å². The average molecular weight is 358 g/mol.